The molecule has 1 aliphatic carbocycles. The second-order valence-corrected chi connectivity index (χ2v) is 7.94. The molecule has 0 radical (unpaired) electrons. The molecule has 0 unspecified atom stereocenters. The molecule has 1 aromatic carbocycles. The number of hydrogen-bond donors (Lipinski definition) is 1. The summed E-state index contributed by atoms with van der Waals surface area (Å²) in [7, 11) is 0. The summed E-state index contributed by atoms with van der Waals surface area (Å²) in [5, 5.41) is 13.1. The predicted molar refractivity (Wildman–Crippen MR) is 109 cm³/mol. The van der Waals surface area contributed by atoms with Crippen LogP contribution in [-0.4, -0.2) is 22.0 Å². The number of thiophene rings is 1. The number of benzene rings is 1. The van der Waals surface area contributed by atoms with Crippen molar-refractivity contribution in [3.8, 4) is 6.07 Å². The highest BCUT2D eigenvalue weighted by molar-refractivity contribution is 7.20. The number of nitrogens with zero attached hydrogens (tertiary/aromatic N) is 3. The topological polar surface area (TPSA) is 87.9 Å². The number of ether oxygens (including phenoxy) is 1. The number of esters is 1. The van der Waals surface area contributed by atoms with Crippen LogP contribution in [0.5, 0.6) is 0 Å². The number of hydrogen-bond acceptors (Lipinski definition) is 7. The molecule has 1 saturated carbocycles. The normalized spacial score (nSPS) is 14.6. The molecule has 0 aliphatic heterocycles. The molecule has 0 spiro atoms. The Kier molecular flexibility index (Phi) is 5.22. The molecule has 28 heavy (non-hydrogen) atoms. The summed E-state index contributed by atoms with van der Waals surface area (Å²) in [6.45, 7) is 1.90. The van der Waals surface area contributed by atoms with Crippen LogP contribution in [0.3, 0.4) is 0 Å². The maximum Gasteiger partial charge on any atom is 0.348 e. The Balaban J connectivity index is 1.64. The zero-order chi connectivity index (χ0) is 19.5. The molecule has 4 rings (SSSR count). The maximum atomic E-state index is 12.7. The summed E-state index contributed by atoms with van der Waals surface area (Å²) in [5.41, 5.74) is 2.14. The molecule has 1 fully saturated rings. The number of anilines is 2. The number of carbonyl (C=O) groups excluding carboxylic acids is 1. The van der Waals surface area contributed by atoms with E-state index < -0.39 is 0 Å². The van der Waals surface area contributed by atoms with Crippen molar-refractivity contribution in [3.05, 3.63) is 46.6 Å². The standard InChI is InChI=1S/C21H20N4O2S/c1-13-17-19(25-15-7-5-6-14(10-15)11-22)23-12-24-20(17)28-18(13)21(26)27-16-8-3-2-4-9-16/h5-7,10,12,16H,2-4,8-9H2,1H3,(H,23,24,25). The van der Waals surface area contributed by atoms with Crippen molar-refractivity contribution in [2.75, 3.05) is 5.32 Å². The summed E-state index contributed by atoms with van der Waals surface area (Å²) >= 11 is 1.33. The molecule has 3 aromatic rings. The van der Waals surface area contributed by atoms with Crippen molar-refractivity contribution >= 4 is 39.0 Å². The highest BCUT2D eigenvalue weighted by Crippen LogP contribution is 2.35. The summed E-state index contributed by atoms with van der Waals surface area (Å²) in [4.78, 5) is 22.7. The van der Waals surface area contributed by atoms with Crippen LogP contribution in [0, 0.1) is 18.3 Å². The molecule has 7 heteroatoms. The highest BCUT2D eigenvalue weighted by atomic mass is 32.1. The molecule has 2 heterocycles. The van der Waals surface area contributed by atoms with Crippen molar-refractivity contribution in [2.24, 2.45) is 0 Å². The molecule has 1 N–H and O–H groups in total. The minimum atomic E-state index is -0.273. The third kappa shape index (κ3) is 3.69. The monoisotopic (exact) mass is 392 g/mol. The van der Waals surface area contributed by atoms with Gasteiger partial charge < -0.3 is 10.1 Å². The average Bonchev–Trinajstić information content (AvgIpc) is 3.07. The van der Waals surface area contributed by atoms with Crippen molar-refractivity contribution in [3.63, 3.8) is 0 Å². The van der Waals surface area contributed by atoms with Gasteiger partial charge in [-0.15, -0.1) is 11.3 Å². The fourth-order valence-corrected chi connectivity index (χ4v) is 4.58. The van der Waals surface area contributed by atoms with E-state index in [4.69, 9.17) is 10.00 Å². The number of aryl methyl sites for hydroxylation is 1. The fourth-order valence-electron chi connectivity index (χ4n) is 3.55. The number of aromatic nitrogens is 2. The number of fused-ring (bicyclic) bond motifs is 1. The van der Waals surface area contributed by atoms with Gasteiger partial charge in [0.15, 0.2) is 0 Å². The fraction of sp³-hybridized carbons (Fsp3) is 0.333. The molecule has 0 atom stereocenters. The minimum absolute atomic E-state index is 0.0169. The first-order valence-electron chi connectivity index (χ1n) is 9.38. The van der Waals surface area contributed by atoms with Gasteiger partial charge in [0.2, 0.25) is 0 Å². The van der Waals surface area contributed by atoms with Gasteiger partial charge in [0.1, 0.15) is 28.0 Å². The van der Waals surface area contributed by atoms with Crippen LogP contribution in [0.4, 0.5) is 11.5 Å². The number of rotatable bonds is 4. The Morgan fingerprint density at radius 2 is 2.11 bits per heavy atom. The van der Waals surface area contributed by atoms with E-state index in [1.807, 2.05) is 19.1 Å². The van der Waals surface area contributed by atoms with Crippen LogP contribution in [0.25, 0.3) is 10.2 Å². The van der Waals surface area contributed by atoms with Crippen LogP contribution < -0.4 is 5.32 Å². The van der Waals surface area contributed by atoms with Crippen LogP contribution in [-0.2, 0) is 4.74 Å². The van der Waals surface area contributed by atoms with E-state index in [0.717, 1.165) is 47.2 Å². The van der Waals surface area contributed by atoms with Gasteiger partial charge in [-0.1, -0.05) is 12.5 Å². The van der Waals surface area contributed by atoms with Crippen molar-refractivity contribution in [1.82, 2.24) is 9.97 Å². The van der Waals surface area contributed by atoms with Crippen LogP contribution in [0.15, 0.2) is 30.6 Å². The highest BCUT2D eigenvalue weighted by Gasteiger charge is 2.24. The molecular formula is C21H20N4O2S. The number of nitrogens with one attached hydrogen (secondary N) is 1. The van der Waals surface area contributed by atoms with E-state index in [0.29, 0.717) is 16.3 Å². The van der Waals surface area contributed by atoms with Crippen LogP contribution >= 0.6 is 11.3 Å². The van der Waals surface area contributed by atoms with E-state index >= 15 is 0 Å². The summed E-state index contributed by atoms with van der Waals surface area (Å²) < 4.78 is 5.74. The van der Waals surface area contributed by atoms with Crippen LogP contribution in [0.2, 0.25) is 0 Å². The molecule has 2 aromatic heterocycles. The Hall–Kier alpha value is -2.98. The second kappa shape index (κ2) is 7.95. The zero-order valence-corrected chi connectivity index (χ0v) is 16.4. The van der Waals surface area contributed by atoms with Gasteiger partial charge in [-0.2, -0.15) is 5.26 Å². The zero-order valence-electron chi connectivity index (χ0n) is 15.6. The average molecular weight is 392 g/mol. The maximum absolute atomic E-state index is 12.7. The molecule has 0 bridgehead atoms. The van der Waals surface area contributed by atoms with Gasteiger partial charge in [-0.05, 0) is 56.4 Å². The van der Waals surface area contributed by atoms with E-state index in [1.165, 1.54) is 24.1 Å². The van der Waals surface area contributed by atoms with Crippen molar-refractivity contribution in [2.45, 2.75) is 45.1 Å². The lowest BCUT2D eigenvalue weighted by Crippen LogP contribution is -2.20. The quantitative estimate of drug-likeness (QED) is 0.621. The largest absolute Gasteiger partial charge is 0.458 e. The van der Waals surface area contributed by atoms with E-state index in [1.54, 1.807) is 12.1 Å². The van der Waals surface area contributed by atoms with Gasteiger partial charge in [0.05, 0.1) is 17.0 Å². The Labute approximate surface area is 167 Å². The molecular weight excluding hydrogens is 372 g/mol. The van der Waals surface area contributed by atoms with Crippen LogP contribution in [0.1, 0.15) is 52.9 Å². The van der Waals surface area contributed by atoms with Gasteiger partial charge in [0, 0.05) is 5.69 Å². The van der Waals surface area contributed by atoms with E-state index in [-0.39, 0.29) is 12.1 Å². The Bertz CT molecular complexity index is 1060. The minimum Gasteiger partial charge on any atom is -0.458 e. The van der Waals surface area contributed by atoms with Gasteiger partial charge >= 0.3 is 5.97 Å². The molecule has 0 saturated heterocycles. The molecule has 0 amide bonds. The van der Waals surface area contributed by atoms with Crippen molar-refractivity contribution in [1.29, 1.82) is 5.26 Å². The van der Waals surface area contributed by atoms with Gasteiger partial charge in [0.25, 0.3) is 0 Å². The van der Waals surface area contributed by atoms with Crippen molar-refractivity contribution < 1.29 is 9.53 Å². The van der Waals surface area contributed by atoms with Gasteiger partial charge in [-0.25, -0.2) is 14.8 Å². The lowest BCUT2D eigenvalue weighted by molar-refractivity contribution is 0.0216. The number of nitriles is 1. The predicted octanol–water partition coefficient (Wildman–Crippen LogP) is 5.10. The molecule has 6 nitrogen and oxygen atoms in total. The number of carbonyl (C=O) groups is 1. The first-order valence-corrected chi connectivity index (χ1v) is 10.2. The SMILES string of the molecule is Cc1c(C(=O)OC2CCCCC2)sc2ncnc(Nc3cccc(C#N)c3)c12. The summed E-state index contributed by atoms with van der Waals surface area (Å²) in [6, 6.07) is 9.31. The second-order valence-electron chi connectivity index (χ2n) is 6.94. The summed E-state index contributed by atoms with van der Waals surface area (Å²) in [6.07, 6.45) is 6.83. The van der Waals surface area contributed by atoms with E-state index in [9.17, 15) is 4.79 Å². The van der Waals surface area contributed by atoms with E-state index in [2.05, 4.69) is 21.4 Å². The first-order chi connectivity index (χ1) is 13.7. The Morgan fingerprint density at radius 3 is 2.89 bits per heavy atom. The molecule has 1 aliphatic rings. The molecule has 142 valence electrons. The third-order valence-corrected chi connectivity index (χ3v) is 6.17. The smallest absolute Gasteiger partial charge is 0.348 e. The van der Waals surface area contributed by atoms with Gasteiger partial charge in [-0.3, -0.25) is 0 Å². The lowest BCUT2D eigenvalue weighted by Gasteiger charge is -2.21. The first kappa shape index (κ1) is 18.4. The lowest BCUT2D eigenvalue weighted by atomic mass is 9.98. The third-order valence-electron chi connectivity index (χ3n) is 4.99. The Morgan fingerprint density at radius 1 is 1.29 bits per heavy atom. The summed E-state index contributed by atoms with van der Waals surface area (Å²) in [5.74, 6) is 0.343.